The number of benzene rings is 4. The molecule has 4 rings (SSSR count). The van der Waals surface area contributed by atoms with Gasteiger partial charge in [-0.25, -0.2) is 0 Å². The van der Waals surface area contributed by atoms with Gasteiger partial charge >= 0.3 is 0 Å². The summed E-state index contributed by atoms with van der Waals surface area (Å²) in [6.45, 7) is 4.05. The first-order valence-electron chi connectivity index (χ1n) is 9.40. The number of para-hydroxylation sites is 1. The summed E-state index contributed by atoms with van der Waals surface area (Å²) in [5, 5.41) is 11.0. The zero-order chi connectivity index (χ0) is 19.4. The third-order valence-electron chi connectivity index (χ3n) is 5.31. The molecule has 4 aromatic rings. The van der Waals surface area contributed by atoms with Crippen LogP contribution >= 0.6 is 0 Å². The Hall–Kier alpha value is -3.58. The van der Waals surface area contributed by atoms with Gasteiger partial charge in [-0.3, -0.25) is 0 Å². The number of rotatable bonds is 5. The number of aromatic hydroxyl groups is 1. The number of hydrogen-bond acceptors (Lipinski definition) is 1. The summed E-state index contributed by atoms with van der Waals surface area (Å²) in [5.41, 5.74) is 4.50. The fourth-order valence-electron chi connectivity index (χ4n) is 4.12. The van der Waals surface area contributed by atoms with Gasteiger partial charge in [-0.2, -0.15) is 0 Å². The van der Waals surface area contributed by atoms with Crippen LogP contribution in [-0.4, -0.2) is 5.11 Å². The van der Waals surface area contributed by atoms with Gasteiger partial charge in [0.2, 0.25) is 0 Å². The van der Waals surface area contributed by atoms with Crippen molar-refractivity contribution in [1.82, 2.24) is 0 Å². The van der Waals surface area contributed by atoms with Crippen LogP contribution in [0.5, 0.6) is 5.75 Å². The van der Waals surface area contributed by atoms with Crippen molar-refractivity contribution in [3.8, 4) is 5.75 Å². The molecule has 136 valence electrons. The van der Waals surface area contributed by atoms with Crippen LogP contribution in [0.3, 0.4) is 0 Å². The maximum Gasteiger partial charge on any atom is 0.120 e. The molecule has 4 aromatic carbocycles. The van der Waals surface area contributed by atoms with Crippen molar-refractivity contribution in [3.05, 3.63) is 144 Å². The second-order valence-electron chi connectivity index (χ2n) is 6.79. The molecular formula is C27H22O. The van der Waals surface area contributed by atoms with E-state index in [9.17, 15) is 5.11 Å². The quantitative estimate of drug-likeness (QED) is 0.406. The van der Waals surface area contributed by atoms with Gasteiger partial charge in [0.05, 0.1) is 5.41 Å². The Balaban J connectivity index is 2.22. The van der Waals surface area contributed by atoms with Gasteiger partial charge in [-0.15, -0.1) is 0 Å². The van der Waals surface area contributed by atoms with Gasteiger partial charge in [-0.05, 0) is 28.3 Å². The molecule has 1 N–H and O–H groups in total. The first-order valence-corrected chi connectivity index (χ1v) is 9.40. The van der Waals surface area contributed by atoms with E-state index < -0.39 is 5.41 Å². The fourth-order valence-corrected chi connectivity index (χ4v) is 4.12. The molecule has 0 atom stereocenters. The van der Waals surface area contributed by atoms with E-state index in [-0.39, 0.29) is 5.75 Å². The lowest BCUT2D eigenvalue weighted by Gasteiger charge is -2.38. The summed E-state index contributed by atoms with van der Waals surface area (Å²) in [6.07, 6.45) is 1.88. The van der Waals surface area contributed by atoms with E-state index in [2.05, 4.69) is 43.0 Å². The zero-order valence-corrected chi connectivity index (χ0v) is 15.6. The van der Waals surface area contributed by atoms with Gasteiger partial charge in [0, 0.05) is 5.56 Å². The predicted molar refractivity (Wildman–Crippen MR) is 117 cm³/mol. The highest BCUT2D eigenvalue weighted by molar-refractivity contribution is 5.68. The van der Waals surface area contributed by atoms with Crippen LogP contribution in [0.1, 0.15) is 27.8 Å². The van der Waals surface area contributed by atoms with Crippen LogP contribution in [0.4, 0.5) is 0 Å². The van der Waals surface area contributed by atoms with E-state index in [1.807, 2.05) is 72.8 Å². The Bertz CT molecular complexity index is 1040. The standard InChI is InChI=1S/C27H22O/c1-2-21-13-9-10-18-24(21)27(22-14-5-3-6-15-22,23-16-7-4-8-17-23)25-19-11-12-20-26(25)28/h2-20,28H,1H2. The largest absolute Gasteiger partial charge is 0.508 e. The monoisotopic (exact) mass is 362 g/mol. The number of phenolic OH excluding ortho intramolecular Hbond substituents is 1. The average molecular weight is 362 g/mol. The lowest BCUT2D eigenvalue weighted by atomic mass is 9.63. The highest BCUT2D eigenvalue weighted by Gasteiger charge is 2.41. The Morgan fingerprint density at radius 2 is 1.04 bits per heavy atom. The molecule has 0 bridgehead atoms. The Labute approximate surface area is 166 Å². The van der Waals surface area contributed by atoms with Gasteiger partial charge in [-0.1, -0.05) is 116 Å². The van der Waals surface area contributed by atoms with Crippen LogP contribution in [0, 0.1) is 0 Å². The van der Waals surface area contributed by atoms with Crippen molar-refractivity contribution in [2.45, 2.75) is 5.41 Å². The first kappa shape index (κ1) is 17.8. The lowest BCUT2D eigenvalue weighted by Crippen LogP contribution is -2.32. The molecule has 0 unspecified atom stereocenters. The van der Waals surface area contributed by atoms with Crippen molar-refractivity contribution in [2.24, 2.45) is 0 Å². The molecule has 28 heavy (non-hydrogen) atoms. The van der Waals surface area contributed by atoms with E-state index in [1.54, 1.807) is 6.07 Å². The minimum Gasteiger partial charge on any atom is -0.508 e. The maximum atomic E-state index is 11.0. The van der Waals surface area contributed by atoms with Crippen molar-refractivity contribution in [3.63, 3.8) is 0 Å². The number of hydrogen-bond donors (Lipinski definition) is 1. The highest BCUT2D eigenvalue weighted by Crippen LogP contribution is 2.49. The molecule has 0 spiro atoms. The molecule has 0 saturated heterocycles. The van der Waals surface area contributed by atoms with Crippen LogP contribution < -0.4 is 0 Å². The van der Waals surface area contributed by atoms with Crippen molar-refractivity contribution in [1.29, 1.82) is 0 Å². The smallest absolute Gasteiger partial charge is 0.120 e. The zero-order valence-electron chi connectivity index (χ0n) is 15.6. The number of phenols is 1. The van der Waals surface area contributed by atoms with Crippen molar-refractivity contribution < 1.29 is 5.11 Å². The summed E-state index contributed by atoms with van der Waals surface area (Å²) in [7, 11) is 0. The fraction of sp³-hybridized carbons (Fsp3) is 0.0370. The third-order valence-corrected chi connectivity index (χ3v) is 5.31. The summed E-state index contributed by atoms with van der Waals surface area (Å²) < 4.78 is 0. The van der Waals surface area contributed by atoms with E-state index in [1.165, 1.54) is 0 Å². The van der Waals surface area contributed by atoms with E-state index in [4.69, 9.17) is 0 Å². The molecule has 0 saturated carbocycles. The van der Waals surface area contributed by atoms with Crippen LogP contribution in [0.25, 0.3) is 6.08 Å². The molecular weight excluding hydrogens is 340 g/mol. The second-order valence-corrected chi connectivity index (χ2v) is 6.79. The molecule has 0 aromatic heterocycles. The molecule has 0 fully saturated rings. The van der Waals surface area contributed by atoms with Crippen LogP contribution in [0.2, 0.25) is 0 Å². The van der Waals surface area contributed by atoms with Crippen molar-refractivity contribution >= 4 is 6.08 Å². The first-order chi connectivity index (χ1) is 13.8. The molecule has 0 radical (unpaired) electrons. The van der Waals surface area contributed by atoms with Crippen LogP contribution in [-0.2, 0) is 5.41 Å². The minimum atomic E-state index is -0.668. The molecule has 0 aliphatic heterocycles. The van der Waals surface area contributed by atoms with Gasteiger partial charge < -0.3 is 5.11 Å². The SMILES string of the molecule is C=Cc1ccccc1C(c1ccccc1)(c1ccccc1)c1ccccc1O. The third kappa shape index (κ3) is 2.82. The Morgan fingerprint density at radius 1 is 0.571 bits per heavy atom. The maximum absolute atomic E-state index is 11.0. The summed E-state index contributed by atoms with van der Waals surface area (Å²) in [6, 6.07) is 36.6. The van der Waals surface area contributed by atoms with Gasteiger partial charge in [0.1, 0.15) is 5.75 Å². The molecule has 0 amide bonds. The Morgan fingerprint density at radius 3 is 1.57 bits per heavy atom. The molecule has 1 heteroatoms. The summed E-state index contributed by atoms with van der Waals surface area (Å²) in [5.74, 6) is 0.272. The second kappa shape index (κ2) is 7.58. The predicted octanol–water partition coefficient (Wildman–Crippen LogP) is 6.42. The van der Waals surface area contributed by atoms with Crippen LogP contribution in [0.15, 0.2) is 116 Å². The summed E-state index contributed by atoms with van der Waals surface area (Å²) in [4.78, 5) is 0. The molecule has 1 nitrogen and oxygen atoms in total. The molecule has 0 aliphatic carbocycles. The average Bonchev–Trinajstić information content (AvgIpc) is 2.77. The highest BCUT2D eigenvalue weighted by atomic mass is 16.3. The normalized spacial score (nSPS) is 11.1. The van der Waals surface area contributed by atoms with E-state index >= 15 is 0 Å². The van der Waals surface area contributed by atoms with Crippen molar-refractivity contribution in [2.75, 3.05) is 0 Å². The molecule has 0 aliphatic rings. The minimum absolute atomic E-state index is 0.272. The lowest BCUT2D eigenvalue weighted by molar-refractivity contribution is 0.460. The van der Waals surface area contributed by atoms with E-state index in [0.717, 1.165) is 27.8 Å². The van der Waals surface area contributed by atoms with E-state index in [0.29, 0.717) is 0 Å². The summed E-state index contributed by atoms with van der Waals surface area (Å²) >= 11 is 0. The Kier molecular flexibility index (Phi) is 4.82. The molecule has 0 heterocycles. The van der Waals surface area contributed by atoms with Gasteiger partial charge in [0.15, 0.2) is 0 Å². The topological polar surface area (TPSA) is 20.2 Å². The van der Waals surface area contributed by atoms with Gasteiger partial charge in [0.25, 0.3) is 0 Å².